The van der Waals surface area contributed by atoms with Crippen LogP contribution in [0.15, 0.2) is 42.5 Å². The van der Waals surface area contributed by atoms with E-state index in [4.69, 9.17) is 9.72 Å². The van der Waals surface area contributed by atoms with E-state index in [0.29, 0.717) is 18.7 Å². The van der Waals surface area contributed by atoms with Gasteiger partial charge in [-0.1, -0.05) is 18.6 Å². The monoisotopic (exact) mass is 363 g/mol. The molecule has 0 unspecified atom stereocenters. The lowest BCUT2D eigenvalue weighted by Crippen LogP contribution is -2.22. The molecule has 0 radical (unpaired) electrons. The Morgan fingerprint density at radius 3 is 2.81 bits per heavy atom. The molecule has 140 valence electrons. The lowest BCUT2D eigenvalue weighted by atomic mass is 10.1. The molecule has 2 heterocycles. The van der Waals surface area contributed by atoms with Gasteiger partial charge in [-0.05, 0) is 55.7 Å². The van der Waals surface area contributed by atoms with E-state index in [9.17, 15) is 4.79 Å². The van der Waals surface area contributed by atoms with Gasteiger partial charge in [0.1, 0.15) is 11.6 Å². The van der Waals surface area contributed by atoms with Crippen LogP contribution in [0.25, 0.3) is 11.0 Å². The van der Waals surface area contributed by atoms with E-state index in [1.54, 1.807) is 0 Å². The van der Waals surface area contributed by atoms with Crippen molar-refractivity contribution >= 4 is 16.9 Å². The second-order valence-corrected chi connectivity index (χ2v) is 6.95. The highest BCUT2D eigenvalue weighted by molar-refractivity contribution is 5.97. The molecule has 0 bridgehead atoms. The van der Waals surface area contributed by atoms with Gasteiger partial charge in [0.25, 0.3) is 5.91 Å². The van der Waals surface area contributed by atoms with Crippen LogP contribution < -0.4 is 10.1 Å². The standard InChI is InChI=1S/C22H25N3O2/c1-2-27-18-10-7-16(8-11-18)15-23-22(26)17-9-12-20-19(14-17)24-21-6-4-3-5-13-25(20)21/h7-12,14H,2-6,13,15H2,1H3,(H,23,26). The van der Waals surface area contributed by atoms with E-state index in [2.05, 4.69) is 9.88 Å². The first-order valence-corrected chi connectivity index (χ1v) is 9.73. The number of amides is 1. The summed E-state index contributed by atoms with van der Waals surface area (Å²) in [4.78, 5) is 17.3. The molecule has 4 rings (SSSR count). The molecular weight excluding hydrogens is 338 g/mol. The molecule has 0 saturated carbocycles. The molecule has 0 atom stereocenters. The van der Waals surface area contributed by atoms with Crippen molar-refractivity contribution in [3.8, 4) is 5.75 Å². The summed E-state index contributed by atoms with van der Waals surface area (Å²) in [5.41, 5.74) is 3.75. The van der Waals surface area contributed by atoms with Crippen molar-refractivity contribution in [1.82, 2.24) is 14.9 Å². The van der Waals surface area contributed by atoms with Crippen LogP contribution in [0.2, 0.25) is 0 Å². The van der Waals surface area contributed by atoms with Crippen LogP contribution in [0, 0.1) is 0 Å². The summed E-state index contributed by atoms with van der Waals surface area (Å²) >= 11 is 0. The number of hydrogen-bond donors (Lipinski definition) is 1. The second kappa shape index (κ2) is 7.82. The molecule has 2 aromatic carbocycles. The topological polar surface area (TPSA) is 56.1 Å². The Labute approximate surface area is 159 Å². The molecule has 27 heavy (non-hydrogen) atoms. The van der Waals surface area contributed by atoms with Gasteiger partial charge in [-0.2, -0.15) is 0 Å². The number of carbonyl (C=O) groups excluding carboxylic acids is 1. The van der Waals surface area contributed by atoms with Gasteiger partial charge in [-0.3, -0.25) is 4.79 Å². The number of benzene rings is 2. The van der Waals surface area contributed by atoms with E-state index in [1.165, 1.54) is 19.3 Å². The fourth-order valence-electron chi connectivity index (χ4n) is 3.65. The van der Waals surface area contributed by atoms with Crippen molar-refractivity contribution in [2.75, 3.05) is 6.61 Å². The minimum absolute atomic E-state index is 0.0750. The molecule has 5 nitrogen and oxygen atoms in total. The minimum Gasteiger partial charge on any atom is -0.494 e. The zero-order valence-electron chi connectivity index (χ0n) is 15.7. The number of ether oxygens (including phenoxy) is 1. The number of rotatable bonds is 5. The van der Waals surface area contributed by atoms with Crippen molar-refractivity contribution in [2.45, 2.75) is 45.7 Å². The number of carbonyl (C=O) groups is 1. The quantitative estimate of drug-likeness (QED) is 0.743. The summed E-state index contributed by atoms with van der Waals surface area (Å²) in [6, 6.07) is 13.6. The molecule has 5 heteroatoms. The van der Waals surface area contributed by atoms with Crippen LogP contribution in [0.3, 0.4) is 0 Å². The van der Waals surface area contributed by atoms with Gasteiger partial charge in [0.05, 0.1) is 17.6 Å². The van der Waals surface area contributed by atoms with Crippen molar-refractivity contribution in [3.63, 3.8) is 0 Å². The van der Waals surface area contributed by atoms with Crippen molar-refractivity contribution in [3.05, 3.63) is 59.4 Å². The van der Waals surface area contributed by atoms with Crippen LogP contribution in [0.1, 0.15) is 47.9 Å². The maximum absolute atomic E-state index is 12.6. The summed E-state index contributed by atoms with van der Waals surface area (Å²) in [5.74, 6) is 1.92. The highest BCUT2D eigenvalue weighted by Gasteiger charge is 2.15. The van der Waals surface area contributed by atoms with Crippen molar-refractivity contribution < 1.29 is 9.53 Å². The first kappa shape index (κ1) is 17.6. The molecule has 0 aliphatic carbocycles. The summed E-state index contributed by atoms with van der Waals surface area (Å²) in [6.45, 7) is 4.12. The Kier molecular flexibility index (Phi) is 5.10. The van der Waals surface area contributed by atoms with Crippen molar-refractivity contribution in [1.29, 1.82) is 0 Å². The first-order valence-electron chi connectivity index (χ1n) is 9.73. The zero-order chi connectivity index (χ0) is 18.6. The summed E-state index contributed by atoms with van der Waals surface area (Å²) in [5, 5.41) is 2.99. The van der Waals surface area contributed by atoms with E-state index < -0.39 is 0 Å². The third-order valence-electron chi connectivity index (χ3n) is 5.06. The normalized spacial score (nSPS) is 13.8. The Morgan fingerprint density at radius 2 is 2.00 bits per heavy atom. The number of imidazole rings is 1. The number of nitrogens with one attached hydrogen (secondary N) is 1. The average Bonchev–Trinajstić information content (AvgIpc) is 2.87. The van der Waals surface area contributed by atoms with Crippen LogP contribution in [-0.4, -0.2) is 22.1 Å². The molecule has 3 aromatic rings. The van der Waals surface area contributed by atoms with Crippen LogP contribution in [0.5, 0.6) is 5.75 Å². The molecule has 1 aromatic heterocycles. The van der Waals surface area contributed by atoms with Crippen LogP contribution >= 0.6 is 0 Å². The Morgan fingerprint density at radius 1 is 1.15 bits per heavy atom. The lowest BCUT2D eigenvalue weighted by Gasteiger charge is -2.08. The van der Waals surface area contributed by atoms with Gasteiger partial charge in [0.2, 0.25) is 0 Å². The molecule has 1 aliphatic rings. The van der Waals surface area contributed by atoms with Gasteiger partial charge in [0.15, 0.2) is 0 Å². The lowest BCUT2D eigenvalue weighted by molar-refractivity contribution is 0.0951. The van der Waals surface area contributed by atoms with E-state index >= 15 is 0 Å². The summed E-state index contributed by atoms with van der Waals surface area (Å²) < 4.78 is 7.75. The third kappa shape index (κ3) is 3.82. The largest absolute Gasteiger partial charge is 0.494 e. The van der Waals surface area contributed by atoms with Gasteiger partial charge >= 0.3 is 0 Å². The Hall–Kier alpha value is -2.82. The zero-order valence-corrected chi connectivity index (χ0v) is 15.7. The molecule has 0 fully saturated rings. The smallest absolute Gasteiger partial charge is 0.251 e. The predicted octanol–water partition coefficient (Wildman–Crippen LogP) is 4.09. The van der Waals surface area contributed by atoms with Gasteiger partial charge < -0.3 is 14.6 Å². The molecular formula is C22H25N3O2. The fourth-order valence-corrected chi connectivity index (χ4v) is 3.65. The molecule has 1 aliphatic heterocycles. The first-order chi connectivity index (χ1) is 13.2. The maximum atomic E-state index is 12.6. The molecule has 1 amide bonds. The van der Waals surface area contributed by atoms with E-state index in [-0.39, 0.29) is 5.91 Å². The molecule has 0 spiro atoms. The minimum atomic E-state index is -0.0750. The van der Waals surface area contributed by atoms with E-state index in [1.807, 2.05) is 49.4 Å². The predicted molar refractivity (Wildman–Crippen MR) is 106 cm³/mol. The highest BCUT2D eigenvalue weighted by atomic mass is 16.5. The number of nitrogens with zero attached hydrogens (tertiary/aromatic N) is 2. The Bertz CT molecular complexity index is 944. The average molecular weight is 363 g/mol. The van der Waals surface area contributed by atoms with Gasteiger partial charge in [-0.15, -0.1) is 0 Å². The SMILES string of the molecule is CCOc1ccc(CNC(=O)c2ccc3c(c2)nc2n3CCCCC2)cc1. The highest BCUT2D eigenvalue weighted by Crippen LogP contribution is 2.23. The van der Waals surface area contributed by atoms with Gasteiger partial charge in [-0.25, -0.2) is 4.98 Å². The molecule has 1 N–H and O–H groups in total. The number of fused-ring (bicyclic) bond motifs is 3. The van der Waals surface area contributed by atoms with E-state index in [0.717, 1.165) is 41.1 Å². The third-order valence-corrected chi connectivity index (χ3v) is 5.06. The summed E-state index contributed by atoms with van der Waals surface area (Å²) in [7, 11) is 0. The summed E-state index contributed by atoms with van der Waals surface area (Å²) in [6.07, 6.45) is 4.67. The van der Waals surface area contributed by atoms with Crippen LogP contribution in [-0.2, 0) is 19.5 Å². The van der Waals surface area contributed by atoms with Gasteiger partial charge in [0, 0.05) is 25.1 Å². The number of aryl methyl sites for hydroxylation is 2. The van der Waals surface area contributed by atoms with Crippen LogP contribution in [0.4, 0.5) is 0 Å². The Balaban J connectivity index is 1.46. The second-order valence-electron chi connectivity index (χ2n) is 6.95. The maximum Gasteiger partial charge on any atom is 0.251 e. The fraction of sp³-hybridized carbons (Fsp3) is 0.364. The number of aromatic nitrogens is 2. The number of hydrogen-bond acceptors (Lipinski definition) is 3. The molecule has 0 saturated heterocycles. The van der Waals surface area contributed by atoms with Crippen molar-refractivity contribution in [2.24, 2.45) is 0 Å².